The monoisotopic (exact) mass is 357 g/mol. The molecule has 1 unspecified atom stereocenters. The van der Waals surface area contributed by atoms with E-state index in [1.165, 1.54) is 31.2 Å². The van der Waals surface area contributed by atoms with Crippen LogP contribution in [0.3, 0.4) is 0 Å². The second kappa shape index (κ2) is 6.69. The Balaban J connectivity index is 2.22. The zero-order valence-corrected chi connectivity index (χ0v) is 13.9. The van der Waals surface area contributed by atoms with Crippen LogP contribution < -0.4 is 5.32 Å². The van der Waals surface area contributed by atoms with Crippen molar-refractivity contribution in [3.8, 4) is 0 Å². The Bertz CT molecular complexity index is 792. The highest BCUT2D eigenvalue weighted by molar-refractivity contribution is 7.92. The van der Waals surface area contributed by atoms with Gasteiger partial charge in [-0.1, -0.05) is 41.4 Å². The van der Waals surface area contributed by atoms with Crippen molar-refractivity contribution in [1.82, 2.24) is 0 Å². The van der Waals surface area contributed by atoms with Crippen LogP contribution >= 0.6 is 23.2 Å². The van der Waals surface area contributed by atoms with Gasteiger partial charge in [0.1, 0.15) is 5.25 Å². The molecule has 116 valence electrons. The zero-order valence-electron chi connectivity index (χ0n) is 11.6. The molecule has 0 aliphatic heterocycles. The number of benzene rings is 2. The van der Waals surface area contributed by atoms with E-state index < -0.39 is 21.0 Å². The van der Waals surface area contributed by atoms with Crippen molar-refractivity contribution in [2.24, 2.45) is 0 Å². The van der Waals surface area contributed by atoms with Crippen LogP contribution in [-0.2, 0) is 14.6 Å². The fourth-order valence-electron chi connectivity index (χ4n) is 1.78. The molecular weight excluding hydrogens is 345 g/mol. The average Bonchev–Trinajstić information content (AvgIpc) is 2.50. The predicted molar refractivity (Wildman–Crippen MR) is 88.2 cm³/mol. The lowest BCUT2D eigenvalue weighted by Crippen LogP contribution is -2.32. The van der Waals surface area contributed by atoms with Crippen LogP contribution in [0.15, 0.2) is 53.4 Å². The van der Waals surface area contributed by atoms with Crippen LogP contribution in [0.25, 0.3) is 0 Å². The molecule has 1 amide bonds. The van der Waals surface area contributed by atoms with Gasteiger partial charge in [-0.2, -0.15) is 0 Å². The number of sulfone groups is 1. The third-order valence-corrected chi connectivity index (χ3v) is 5.72. The minimum atomic E-state index is -3.76. The molecule has 22 heavy (non-hydrogen) atoms. The smallest absolute Gasteiger partial charge is 0.242 e. The summed E-state index contributed by atoms with van der Waals surface area (Å²) in [6.07, 6.45) is 0. The van der Waals surface area contributed by atoms with Gasteiger partial charge < -0.3 is 5.32 Å². The molecule has 0 aromatic heterocycles. The highest BCUT2D eigenvalue weighted by Gasteiger charge is 2.29. The van der Waals surface area contributed by atoms with E-state index in [1.54, 1.807) is 24.3 Å². The number of carbonyl (C=O) groups excluding carboxylic acids is 1. The molecule has 2 aromatic carbocycles. The van der Waals surface area contributed by atoms with Crippen molar-refractivity contribution in [2.75, 3.05) is 5.32 Å². The van der Waals surface area contributed by atoms with Gasteiger partial charge in [0.25, 0.3) is 0 Å². The Morgan fingerprint density at radius 2 is 1.73 bits per heavy atom. The van der Waals surface area contributed by atoms with Gasteiger partial charge in [0, 0.05) is 5.02 Å². The van der Waals surface area contributed by atoms with Crippen molar-refractivity contribution in [1.29, 1.82) is 0 Å². The summed E-state index contributed by atoms with van der Waals surface area (Å²) in [6.45, 7) is 1.33. The van der Waals surface area contributed by atoms with E-state index in [9.17, 15) is 13.2 Å². The van der Waals surface area contributed by atoms with Gasteiger partial charge in [-0.15, -0.1) is 0 Å². The normalized spacial score (nSPS) is 12.7. The zero-order chi connectivity index (χ0) is 16.3. The summed E-state index contributed by atoms with van der Waals surface area (Å²) in [4.78, 5) is 12.3. The highest BCUT2D eigenvalue weighted by Crippen LogP contribution is 2.26. The summed E-state index contributed by atoms with van der Waals surface area (Å²) in [6, 6.07) is 12.4. The van der Waals surface area contributed by atoms with Crippen LogP contribution in [0.4, 0.5) is 5.69 Å². The maximum Gasteiger partial charge on any atom is 0.242 e. The maximum absolute atomic E-state index is 12.4. The SMILES string of the molecule is CC(C(=O)Nc1ccc(Cl)cc1Cl)S(=O)(=O)c1ccccc1. The van der Waals surface area contributed by atoms with Crippen molar-refractivity contribution < 1.29 is 13.2 Å². The van der Waals surface area contributed by atoms with Gasteiger partial charge in [0.2, 0.25) is 5.91 Å². The van der Waals surface area contributed by atoms with Crippen molar-refractivity contribution >= 4 is 44.6 Å². The molecule has 0 saturated carbocycles. The average molecular weight is 358 g/mol. The summed E-state index contributed by atoms with van der Waals surface area (Å²) in [5.41, 5.74) is 0.311. The first-order valence-electron chi connectivity index (χ1n) is 6.37. The molecule has 2 aromatic rings. The second-order valence-electron chi connectivity index (χ2n) is 4.61. The third-order valence-electron chi connectivity index (χ3n) is 3.10. The number of halogens is 2. The lowest BCUT2D eigenvalue weighted by Gasteiger charge is -2.14. The van der Waals surface area contributed by atoms with Gasteiger partial charge >= 0.3 is 0 Å². The Morgan fingerprint density at radius 1 is 1.09 bits per heavy atom. The summed E-state index contributed by atoms with van der Waals surface area (Å²) >= 11 is 11.7. The quantitative estimate of drug-likeness (QED) is 0.904. The molecule has 1 atom stereocenters. The minimum absolute atomic E-state index is 0.0971. The molecule has 0 heterocycles. The van der Waals surface area contributed by atoms with E-state index in [-0.39, 0.29) is 9.92 Å². The molecule has 0 aliphatic carbocycles. The molecule has 2 rings (SSSR count). The van der Waals surface area contributed by atoms with E-state index in [4.69, 9.17) is 23.2 Å². The molecule has 0 bridgehead atoms. The number of carbonyl (C=O) groups is 1. The second-order valence-corrected chi connectivity index (χ2v) is 7.73. The van der Waals surface area contributed by atoms with Gasteiger partial charge in [0.15, 0.2) is 9.84 Å². The van der Waals surface area contributed by atoms with Crippen LogP contribution in [0.1, 0.15) is 6.92 Å². The summed E-state index contributed by atoms with van der Waals surface area (Å²) in [5, 5.41) is 1.92. The minimum Gasteiger partial charge on any atom is -0.324 e. The van der Waals surface area contributed by atoms with E-state index >= 15 is 0 Å². The Kier molecular flexibility index (Phi) is 5.11. The molecule has 7 heteroatoms. The fourth-order valence-corrected chi connectivity index (χ4v) is 3.52. The van der Waals surface area contributed by atoms with Crippen LogP contribution in [0.2, 0.25) is 10.0 Å². The van der Waals surface area contributed by atoms with Gasteiger partial charge in [0.05, 0.1) is 15.6 Å². The number of hydrogen-bond donors (Lipinski definition) is 1. The first kappa shape index (κ1) is 16.8. The lowest BCUT2D eigenvalue weighted by atomic mass is 10.3. The van der Waals surface area contributed by atoms with Crippen LogP contribution in [0.5, 0.6) is 0 Å². The fraction of sp³-hybridized carbons (Fsp3) is 0.133. The predicted octanol–water partition coefficient (Wildman–Crippen LogP) is 3.79. The molecule has 4 nitrogen and oxygen atoms in total. The number of amides is 1. The maximum atomic E-state index is 12.4. The van der Waals surface area contributed by atoms with Crippen molar-refractivity contribution in [3.05, 3.63) is 58.6 Å². The standard InChI is InChI=1S/C15H13Cl2NO3S/c1-10(22(20,21)12-5-3-2-4-6-12)15(19)18-14-8-7-11(16)9-13(14)17/h2-10H,1H3,(H,18,19). The molecule has 0 saturated heterocycles. The van der Waals surface area contributed by atoms with Crippen molar-refractivity contribution in [2.45, 2.75) is 17.1 Å². The highest BCUT2D eigenvalue weighted by atomic mass is 35.5. The Labute approximate surface area is 139 Å². The summed E-state index contributed by atoms with van der Waals surface area (Å²) in [5.74, 6) is -0.659. The van der Waals surface area contributed by atoms with Crippen molar-refractivity contribution in [3.63, 3.8) is 0 Å². The molecule has 0 spiro atoms. The first-order valence-corrected chi connectivity index (χ1v) is 8.67. The Hall–Kier alpha value is -1.56. The largest absolute Gasteiger partial charge is 0.324 e. The summed E-state index contributed by atoms with van der Waals surface area (Å²) < 4.78 is 24.8. The molecule has 1 N–H and O–H groups in total. The van der Waals surface area contributed by atoms with Crippen LogP contribution in [0, 0.1) is 0 Å². The van der Waals surface area contributed by atoms with E-state index in [0.717, 1.165) is 0 Å². The van der Waals surface area contributed by atoms with Crippen LogP contribution in [-0.4, -0.2) is 19.6 Å². The number of hydrogen-bond acceptors (Lipinski definition) is 3. The first-order chi connectivity index (χ1) is 10.3. The van der Waals surface area contributed by atoms with Gasteiger partial charge in [-0.3, -0.25) is 4.79 Å². The third kappa shape index (κ3) is 3.61. The topological polar surface area (TPSA) is 63.2 Å². The van der Waals surface area contributed by atoms with E-state index in [1.807, 2.05) is 0 Å². The summed E-state index contributed by atoms with van der Waals surface area (Å²) in [7, 11) is -3.76. The Morgan fingerprint density at radius 3 is 2.32 bits per heavy atom. The van der Waals surface area contributed by atoms with Gasteiger partial charge in [-0.25, -0.2) is 8.42 Å². The van der Waals surface area contributed by atoms with E-state index in [0.29, 0.717) is 10.7 Å². The molecule has 0 fully saturated rings. The number of anilines is 1. The lowest BCUT2D eigenvalue weighted by molar-refractivity contribution is -0.115. The molecule has 0 aliphatic rings. The van der Waals surface area contributed by atoms with E-state index in [2.05, 4.69) is 5.32 Å². The molecule has 0 radical (unpaired) electrons. The van der Waals surface area contributed by atoms with Gasteiger partial charge in [-0.05, 0) is 37.3 Å². The molecular formula is C15H13Cl2NO3S. The number of nitrogens with one attached hydrogen (secondary N) is 1. The number of rotatable bonds is 4.